The Kier molecular flexibility index (Phi) is 5.64. The van der Waals surface area contributed by atoms with Crippen molar-refractivity contribution in [1.29, 1.82) is 0 Å². The van der Waals surface area contributed by atoms with Crippen LogP contribution < -0.4 is 20.9 Å². The molecule has 4 rings (SSSR count). The van der Waals surface area contributed by atoms with Crippen LogP contribution in [0.1, 0.15) is 37.7 Å². The summed E-state index contributed by atoms with van der Waals surface area (Å²) in [6.45, 7) is 2.24. The molecule has 1 saturated heterocycles. The highest BCUT2D eigenvalue weighted by atomic mass is 16.5. The molecule has 1 aromatic rings. The van der Waals surface area contributed by atoms with Crippen LogP contribution in [0.25, 0.3) is 0 Å². The lowest BCUT2D eigenvalue weighted by Crippen LogP contribution is -2.41. The van der Waals surface area contributed by atoms with E-state index in [2.05, 4.69) is 34.4 Å². The number of carbonyl (C=O) groups is 2. The molecule has 7 nitrogen and oxygen atoms in total. The molecule has 2 saturated carbocycles. The van der Waals surface area contributed by atoms with E-state index in [9.17, 15) is 9.59 Å². The third-order valence-corrected chi connectivity index (χ3v) is 5.44. The summed E-state index contributed by atoms with van der Waals surface area (Å²) in [6, 6.07) is 8.11. The fourth-order valence-corrected chi connectivity index (χ4v) is 3.33. The van der Waals surface area contributed by atoms with Gasteiger partial charge in [0.2, 0.25) is 5.91 Å². The average Bonchev–Trinajstić information content (AvgIpc) is 3.60. The Morgan fingerprint density at radius 1 is 1.25 bits per heavy atom. The first-order chi connectivity index (χ1) is 13.6. The number of benzene rings is 1. The van der Waals surface area contributed by atoms with Crippen molar-refractivity contribution in [3.8, 4) is 5.75 Å². The molecule has 3 aliphatic rings. The van der Waals surface area contributed by atoms with Gasteiger partial charge in [-0.2, -0.15) is 0 Å². The van der Waals surface area contributed by atoms with Crippen molar-refractivity contribution < 1.29 is 14.3 Å². The van der Waals surface area contributed by atoms with Crippen molar-refractivity contribution in [2.24, 2.45) is 5.92 Å². The molecular formula is C21H28N4O3. The summed E-state index contributed by atoms with van der Waals surface area (Å²) in [4.78, 5) is 24.0. The van der Waals surface area contributed by atoms with E-state index in [1.54, 1.807) is 0 Å². The maximum atomic E-state index is 11.4. The van der Waals surface area contributed by atoms with Gasteiger partial charge in [0.1, 0.15) is 12.3 Å². The van der Waals surface area contributed by atoms with Crippen LogP contribution in [0.2, 0.25) is 0 Å². The van der Waals surface area contributed by atoms with Crippen LogP contribution in [-0.4, -0.2) is 43.1 Å². The first kappa shape index (κ1) is 19.0. The van der Waals surface area contributed by atoms with E-state index in [-0.39, 0.29) is 24.0 Å². The predicted octanol–water partition coefficient (Wildman–Crippen LogP) is 2.06. The quantitative estimate of drug-likeness (QED) is 0.235. The van der Waals surface area contributed by atoms with Crippen molar-refractivity contribution in [3.05, 3.63) is 42.0 Å². The minimum absolute atomic E-state index is 0.0106. The smallest absolute Gasteiger partial charge is 0.324 e. The highest BCUT2D eigenvalue weighted by Crippen LogP contribution is 2.45. The Morgan fingerprint density at radius 2 is 2.11 bits per heavy atom. The Balaban J connectivity index is 1.16. The number of carbonyl (C=O) groups excluding carboxylic acids is 2. The number of hydrogen-bond donors (Lipinski definition) is 3. The molecule has 0 radical (unpaired) electrons. The zero-order valence-corrected chi connectivity index (χ0v) is 16.1. The lowest BCUT2D eigenvalue weighted by molar-refractivity contribution is -0.118. The summed E-state index contributed by atoms with van der Waals surface area (Å²) in [5.41, 5.74) is 8.08. The van der Waals surface area contributed by atoms with Gasteiger partial charge >= 0.3 is 6.03 Å². The number of amides is 3. The van der Waals surface area contributed by atoms with Crippen molar-refractivity contribution in [1.82, 2.24) is 21.1 Å². The molecule has 150 valence electrons. The second kappa shape index (κ2) is 8.32. The zero-order valence-electron chi connectivity index (χ0n) is 16.1. The van der Waals surface area contributed by atoms with Crippen molar-refractivity contribution >= 4 is 11.9 Å². The topological polar surface area (TPSA) is 82.7 Å². The Bertz CT molecular complexity index is 756. The monoisotopic (exact) mass is 384 g/mol. The van der Waals surface area contributed by atoms with E-state index < -0.39 is 0 Å². The second-order valence-corrected chi connectivity index (χ2v) is 7.91. The normalized spacial score (nSPS) is 20.6. The van der Waals surface area contributed by atoms with E-state index in [1.165, 1.54) is 23.3 Å². The molecule has 0 bridgehead atoms. The van der Waals surface area contributed by atoms with E-state index in [0.29, 0.717) is 6.54 Å². The maximum absolute atomic E-state index is 11.4. The molecule has 2 aliphatic carbocycles. The van der Waals surface area contributed by atoms with Gasteiger partial charge in [0.15, 0.2) is 0 Å². The first-order valence-corrected chi connectivity index (χ1v) is 10.1. The number of hydrogen-bond acceptors (Lipinski definition) is 5. The number of urea groups is 1. The largest absolute Gasteiger partial charge is 0.493 e. The van der Waals surface area contributed by atoms with Gasteiger partial charge < -0.3 is 9.64 Å². The van der Waals surface area contributed by atoms with Crippen LogP contribution in [0.5, 0.6) is 5.75 Å². The summed E-state index contributed by atoms with van der Waals surface area (Å²) in [7, 11) is 0. The standard InChI is InChI=1S/C21H28N4O3/c26-19-14-25(20(27)23-19)12-3-1-2-11-22-24-21(9-10-21)17-5-4-6-18(13-17)28-15-16-7-8-16/h1,3-6,13,16,22,24H,2,7-12,14-15H2,(H,23,26,27)/b3-1+. The molecule has 0 spiro atoms. The minimum atomic E-state index is -0.312. The Hall–Kier alpha value is -2.38. The lowest BCUT2D eigenvalue weighted by Gasteiger charge is -2.19. The number of ether oxygens (including phenoxy) is 1. The number of rotatable bonds is 11. The van der Waals surface area contributed by atoms with Gasteiger partial charge in [-0.15, -0.1) is 0 Å². The van der Waals surface area contributed by atoms with Gasteiger partial charge in [-0.25, -0.2) is 10.2 Å². The molecule has 1 aromatic carbocycles. The van der Waals surface area contributed by atoms with E-state index >= 15 is 0 Å². The maximum Gasteiger partial charge on any atom is 0.324 e. The van der Waals surface area contributed by atoms with Gasteiger partial charge in [0, 0.05) is 13.1 Å². The molecule has 3 amide bonds. The SMILES string of the molecule is O=C1CN(C/C=C/CCNNC2(c3cccc(OCC4CC4)c3)CC2)C(=O)N1. The van der Waals surface area contributed by atoms with Crippen LogP contribution >= 0.6 is 0 Å². The van der Waals surface area contributed by atoms with Crippen LogP contribution in [0.4, 0.5) is 4.79 Å². The first-order valence-electron chi connectivity index (χ1n) is 10.1. The van der Waals surface area contributed by atoms with E-state index in [1.807, 2.05) is 18.2 Å². The number of imide groups is 1. The fraction of sp³-hybridized carbons (Fsp3) is 0.524. The third-order valence-electron chi connectivity index (χ3n) is 5.44. The van der Waals surface area contributed by atoms with Crippen LogP contribution in [-0.2, 0) is 10.3 Å². The van der Waals surface area contributed by atoms with Gasteiger partial charge in [0.25, 0.3) is 0 Å². The van der Waals surface area contributed by atoms with Gasteiger partial charge in [-0.3, -0.25) is 15.5 Å². The van der Waals surface area contributed by atoms with Crippen LogP contribution in [0, 0.1) is 5.92 Å². The van der Waals surface area contributed by atoms with Gasteiger partial charge in [-0.05, 0) is 55.7 Å². The molecule has 28 heavy (non-hydrogen) atoms. The number of nitrogens with one attached hydrogen (secondary N) is 3. The van der Waals surface area contributed by atoms with Crippen LogP contribution in [0.3, 0.4) is 0 Å². The average molecular weight is 384 g/mol. The summed E-state index contributed by atoms with van der Waals surface area (Å²) in [5.74, 6) is 1.48. The Labute approximate surface area is 165 Å². The highest BCUT2D eigenvalue weighted by Gasteiger charge is 2.44. The summed E-state index contributed by atoms with van der Waals surface area (Å²) in [5, 5.41) is 2.27. The molecule has 3 N–H and O–H groups in total. The molecular weight excluding hydrogens is 356 g/mol. The van der Waals surface area contributed by atoms with Crippen molar-refractivity contribution in [3.63, 3.8) is 0 Å². The lowest BCUT2D eigenvalue weighted by atomic mass is 10.1. The molecule has 7 heteroatoms. The molecule has 0 atom stereocenters. The minimum Gasteiger partial charge on any atom is -0.493 e. The van der Waals surface area contributed by atoms with Crippen LogP contribution in [0.15, 0.2) is 36.4 Å². The fourth-order valence-electron chi connectivity index (χ4n) is 3.33. The zero-order chi connectivity index (χ0) is 19.4. The molecule has 3 fully saturated rings. The van der Waals surface area contributed by atoms with E-state index in [4.69, 9.17) is 4.74 Å². The van der Waals surface area contributed by atoms with Crippen molar-refractivity contribution in [2.75, 3.05) is 26.2 Å². The second-order valence-electron chi connectivity index (χ2n) is 7.91. The van der Waals surface area contributed by atoms with E-state index in [0.717, 1.165) is 44.1 Å². The number of nitrogens with zero attached hydrogens (tertiary/aromatic N) is 1. The van der Waals surface area contributed by atoms with Gasteiger partial charge in [-0.1, -0.05) is 24.3 Å². The summed E-state index contributed by atoms with van der Waals surface area (Å²) in [6.07, 6.45) is 9.61. The highest BCUT2D eigenvalue weighted by molar-refractivity contribution is 6.01. The Morgan fingerprint density at radius 3 is 2.82 bits per heavy atom. The molecule has 0 aromatic heterocycles. The number of hydrazine groups is 1. The van der Waals surface area contributed by atoms with Crippen molar-refractivity contribution in [2.45, 2.75) is 37.6 Å². The molecule has 0 unspecified atom stereocenters. The summed E-state index contributed by atoms with van der Waals surface area (Å²) >= 11 is 0. The molecule has 1 heterocycles. The molecule has 1 aliphatic heterocycles. The third kappa shape index (κ3) is 4.91. The predicted molar refractivity (Wildman–Crippen MR) is 106 cm³/mol. The van der Waals surface area contributed by atoms with Gasteiger partial charge in [0.05, 0.1) is 12.1 Å². The summed E-state index contributed by atoms with van der Waals surface area (Å²) < 4.78 is 5.91.